The number of nitrogens with one attached hydrogen (secondary N) is 1. The number of aromatic nitrogens is 1. The molecule has 1 N–H and O–H groups in total. The minimum atomic E-state index is -3.55. The summed E-state index contributed by atoms with van der Waals surface area (Å²) in [4.78, 5) is 13.4. The van der Waals surface area contributed by atoms with E-state index in [1.165, 1.54) is 5.41 Å². The van der Waals surface area contributed by atoms with Gasteiger partial charge in [0.05, 0.1) is 16.7 Å². The second-order valence-corrected chi connectivity index (χ2v) is 11.5. The molecule has 1 aromatic heterocycles. The van der Waals surface area contributed by atoms with Crippen LogP contribution in [-0.4, -0.2) is 49.3 Å². The number of hydrogen-bond donors (Lipinski definition) is 1. The van der Waals surface area contributed by atoms with Crippen molar-refractivity contribution in [3.63, 3.8) is 0 Å². The molecule has 1 unspecified atom stereocenters. The van der Waals surface area contributed by atoms with Gasteiger partial charge >= 0.3 is 0 Å². The number of nitrogens with zero attached hydrogens (tertiary/aromatic N) is 4. The summed E-state index contributed by atoms with van der Waals surface area (Å²) < 4.78 is 28.7. The third-order valence-corrected chi connectivity index (χ3v) is 8.23. The lowest BCUT2D eigenvalue weighted by Crippen LogP contribution is -2.41. The Labute approximate surface area is 221 Å². The van der Waals surface area contributed by atoms with Gasteiger partial charge in [-0.25, -0.2) is 8.42 Å². The van der Waals surface area contributed by atoms with E-state index in [4.69, 9.17) is 4.99 Å². The molecule has 2 aliphatic heterocycles. The zero-order valence-electron chi connectivity index (χ0n) is 20.2. The highest BCUT2D eigenvalue weighted by Gasteiger charge is 2.30. The van der Waals surface area contributed by atoms with E-state index in [1.54, 1.807) is 22.8 Å². The van der Waals surface area contributed by atoms with Gasteiger partial charge in [0, 0.05) is 61.0 Å². The van der Waals surface area contributed by atoms with Crippen molar-refractivity contribution in [2.24, 2.45) is 15.9 Å². The highest BCUT2D eigenvalue weighted by molar-refractivity contribution is 9.12. The molecule has 3 heterocycles. The van der Waals surface area contributed by atoms with Gasteiger partial charge in [-0.05, 0) is 65.0 Å². The van der Waals surface area contributed by atoms with Crippen LogP contribution in [0.25, 0.3) is 6.08 Å². The van der Waals surface area contributed by atoms with Gasteiger partial charge in [-0.2, -0.15) is 4.31 Å². The van der Waals surface area contributed by atoms with Crippen molar-refractivity contribution >= 4 is 44.0 Å². The maximum Gasteiger partial charge on any atom is 0.236 e. The maximum atomic E-state index is 13.1. The molecule has 1 aromatic carbocycles. The largest absolute Gasteiger partial charge is 0.384 e. The number of allylic oxidation sites excluding steroid dienone is 3. The van der Waals surface area contributed by atoms with Crippen molar-refractivity contribution in [1.29, 1.82) is 0 Å². The van der Waals surface area contributed by atoms with E-state index in [-0.39, 0.29) is 5.92 Å². The van der Waals surface area contributed by atoms with Gasteiger partial charge in [0.25, 0.3) is 0 Å². The molecule has 2 aromatic rings. The third-order valence-electron chi connectivity index (χ3n) is 6.04. The number of pyridine rings is 1. The molecule has 4 rings (SSSR count). The van der Waals surface area contributed by atoms with Gasteiger partial charge in [0.1, 0.15) is 0 Å². The van der Waals surface area contributed by atoms with Crippen LogP contribution in [-0.2, 0) is 16.6 Å². The van der Waals surface area contributed by atoms with Gasteiger partial charge < -0.3 is 5.32 Å². The highest BCUT2D eigenvalue weighted by Crippen LogP contribution is 2.25. The molecule has 36 heavy (non-hydrogen) atoms. The predicted molar refractivity (Wildman–Crippen MR) is 150 cm³/mol. The zero-order valence-corrected chi connectivity index (χ0v) is 22.6. The molecule has 7 nitrogen and oxygen atoms in total. The molecule has 2 aliphatic rings. The Bertz CT molecular complexity index is 1300. The van der Waals surface area contributed by atoms with Crippen LogP contribution in [0.1, 0.15) is 30.9 Å². The van der Waals surface area contributed by atoms with Crippen molar-refractivity contribution in [2.45, 2.75) is 26.3 Å². The summed E-state index contributed by atoms with van der Waals surface area (Å²) in [5.74, 6) is -0.0257. The zero-order chi connectivity index (χ0) is 25.4. The van der Waals surface area contributed by atoms with Crippen molar-refractivity contribution in [1.82, 2.24) is 14.6 Å². The van der Waals surface area contributed by atoms with E-state index in [1.807, 2.05) is 61.7 Å². The second-order valence-electron chi connectivity index (χ2n) is 8.80. The van der Waals surface area contributed by atoms with Crippen LogP contribution < -0.4 is 5.32 Å². The molecule has 9 heteroatoms. The van der Waals surface area contributed by atoms with E-state index in [2.05, 4.69) is 31.2 Å². The summed E-state index contributed by atoms with van der Waals surface area (Å²) in [5, 5.41) is 4.73. The molecule has 0 aliphatic carbocycles. The van der Waals surface area contributed by atoms with Gasteiger partial charge in [0.15, 0.2) is 0 Å². The Morgan fingerprint density at radius 3 is 2.81 bits per heavy atom. The van der Waals surface area contributed by atoms with E-state index >= 15 is 0 Å². The molecular weight excluding hydrogens is 538 g/mol. The van der Waals surface area contributed by atoms with Crippen molar-refractivity contribution in [2.75, 3.05) is 19.6 Å². The molecule has 0 amide bonds. The van der Waals surface area contributed by atoms with Gasteiger partial charge in [-0.1, -0.05) is 36.4 Å². The fourth-order valence-corrected chi connectivity index (χ4v) is 5.73. The molecule has 1 fully saturated rings. The van der Waals surface area contributed by atoms with Gasteiger partial charge in [-0.3, -0.25) is 15.0 Å². The molecule has 0 spiro atoms. The van der Waals surface area contributed by atoms with Crippen LogP contribution in [0.3, 0.4) is 0 Å². The first-order chi connectivity index (χ1) is 17.4. The van der Waals surface area contributed by atoms with Crippen molar-refractivity contribution < 1.29 is 8.42 Å². The van der Waals surface area contributed by atoms with Gasteiger partial charge in [-0.15, -0.1) is 0 Å². The molecule has 0 saturated carbocycles. The quantitative estimate of drug-likeness (QED) is 0.435. The summed E-state index contributed by atoms with van der Waals surface area (Å²) in [6.07, 6.45) is 10.7. The Kier molecular flexibility index (Phi) is 9.01. The lowest BCUT2D eigenvalue weighted by molar-refractivity contribution is 0.315. The number of rotatable bonds is 9. The second kappa shape index (κ2) is 12.4. The Morgan fingerprint density at radius 2 is 2.08 bits per heavy atom. The SMILES string of the molecule is C/C(=C\C(=NC1=C(Br)C=NC1)C1CCCN(S(=O)(=O)/C=C/c2ccccc2)C1)NCc1cccnc1. The van der Waals surface area contributed by atoms with Crippen LogP contribution in [0.5, 0.6) is 0 Å². The minimum absolute atomic E-state index is 0.0257. The summed E-state index contributed by atoms with van der Waals surface area (Å²) in [5.41, 5.74) is 4.60. The molecule has 1 saturated heterocycles. The third kappa shape index (κ3) is 7.32. The molecule has 1 atom stereocenters. The fraction of sp³-hybridized carbons (Fsp3) is 0.296. The van der Waals surface area contributed by atoms with E-state index in [9.17, 15) is 8.42 Å². The number of halogens is 1. The summed E-state index contributed by atoms with van der Waals surface area (Å²) >= 11 is 3.54. The van der Waals surface area contributed by atoms with E-state index in [0.29, 0.717) is 26.2 Å². The lowest BCUT2D eigenvalue weighted by atomic mass is 9.93. The number of benzene rings is 1. The minimum Gasteiger partial charge on any atom is -0.384 e. The number of piperidine rings is 1. The molecular formula is C27H30BrN5O2S. The topological polar surface area (TPSA) is 87.0 Å². The van der Waals surface area contributed by atoms with Gasteiger partial charge in [0.2, 0.25) is 10.0 Å². The van der Waals surface area contributed by atoms with Crippen LogP contribution in [0, 0.1) is 5.92 Å². The number of sulfonamides is 1. The van der Waals surface area contributed by atoms with Crippen LogP contribution >= 0.6 is 15.9 Å². The van der Waals surface area contributed by atoms with E-state index < -0.39 is 10.0 Å². The Hall–Kier alpha value is -2.88. The number of hydrogen-bond acceptors (Lipinski definition) is 6. The normalized spacial score (nSPS) is 19.9. The lowest BCUT2D eigenvalue weighted by Gasteiger charge is -2.31. The molecule has 0 bridgehead atoms. The predicted octanol–water partition coefficient (Wildman–Crippen LogP) is 4.92. The first-order valence-electron chi connectivity index (χ1n) is 11.9. The smallest absolute Gasteiger partial charge is 0.236 e. The average molecular weight is 569 g/mol. The van der Waals surface area contributed by atoms with E-state index in [0.717, 1.165) is 45.6 Å². The summed E-state index contributed by atoms with van der Waals surface area (Å²) in [6, 6.07) is 13.4. The van der Waals surface area contributed by atoms with Crippen LogP contribution in [0.4, 0.5) is 0 Å². The fourth-order valence-electron chi connectivity index (χ4n) is 4.10. The molecule has 0 radical (unpaired) electrons. The Morgan fingerprint density at radius 1 is 1.25 bits per heavy atom. The summed E-state index contributed by atoms with van der Waals surface area (Å²) in [7, 11) is -3.55. The number of aliphatic imine (C=N–C) groups is 2. The maximum absolute atomic E-state index is 13.1. The highest BCUT2D eigenvalue weighted by atomic mass is 79.9. The van der Waals surface area contributed by atoms with Crippen molar-refractivity contribution in [3.8, 4) is 0 Å². The van der Waals surface area contributed by atoms with Crippen LogP contribution in [0.2, 0.25) is 0 Å². The first kappa shape index (κ1) is 26.2. The molecule has 188 valence electrons. The summed E-state index contributed by atoms with van der Waals surface area (Å²) in [6.45, 7) is 4.05. The average Bonchev–Trinajstić information content (AvgIpc) is 3.31. The van der Waals surface area contributed by atoms with Crippen LogP contribution in [0.15, 0.2) is 92.2 Å². The van der Waals surface area contributed by atoms with Crippen molar-refractivity contribution in [3.05, 3.63) is 93.3 Å². The first-order valence-corrected chi connectivity index (χ1v) is 14.2. The standard InChI is InChI=1S/C27H30BrN5O2S/c1-21(31-17-23-9-5-12-29-16-23)15-26(32-27-19-30-18-25(27)28)24-10-6-13-33(20-24)36(34,35)14-11-22-7-3-2-4-8-22/h2-5,7-9,11-12,14-16,18,24,31H,6,10,13,17,19-20H2,1H3/b14-11+,21-15+,32-26?. The monoisotopic (exact) mass is 567 g/mol. The Balaban J connectivity index is 1.53.